The molecule has 0 aliphatic rings. The molecule has 0 N–H and O–H groups in total. The molecule has 0 radical (unpaired) electrons. The largest absolute Gasteiger partial charge is 0.497 e. The summed E-state index contributed by atoms with van der Waals surface area (Å²) < 4.78 is 29.2. The highest BCUT2D eigenvalue weighted by molar-refractivity contribution is 7.89. The lowest BCUT2D eigenvalue weighted by Gasteiger charge is -2.06. The highest BCUT2D eigenvalue weighted by atomic mass is 32.2. The first-order valence-corrected chi connectivity index (χ1v) is 6.75. The molecule has 0 atom stereocenters. The molecule has 17 heavy (non-hydrogen) atoms. The Hall–Kier alpha value is -1.82. The smallest absolute Gasteiger partial charge is 0.237 e. The molecule has 1 aromatic heterocycles. The standard InChI is InChI=1S/C11H12N2O3S/c1-16-10-5-3-9(4-6-10)11-12-7-8-13(11)17(2,14)15/h3-8H,1-2H3. The second kappa shape index (κ2) is 4.21. The maximum absolute atomic E-state index is 11.5. The minimum Gasteiger partial charge on any atom is -0.497 e. The van der Waals surface area contributed by atoms with Crippen molar-refractivity contribution in [2.24, 2.45) is 0 Å². The Morgan fingerprint density at radius 3 is 2.41 bits per heavy atom. The van der Waals surface area contributed by atoms with Crippen LogP contribution in [0.3, 0.4) is 0 Å². The molecule has 0 saturated carbocycles. The van der Waals surface area contributed by atoms with E-state index in [2.05, 4.69) is 4.98 Å². The van der Waals surface area contributed by atoms with Gasteiger partial charge < -0.3 is 4.74 Å². The van der Waals surface area contributed by atoms with Crippen molar-refractivity contribution in [3.8, 4) is 17.1 Å². The van der Waals surface area contributed by atoms with Crippen molar-refractivity contribution in [1.82, 2.24) is 8.96 Å². The quantitative estimate of drug-likeness (QED) is 0.827. The number of rotatable bonds is 3. The molecule has 0 aliphatic heterocycles. The minimum absolute atomic E-state index is 0.398. The van der Waals surface area contributed by atoms with Crippen LogP contribution in [0.1, 0.15) is 0 Å². The first-order valence-electron chi connectivity index (χ1n) is 4.90. The van der Waals surface area contributed by atoms with E-state index in [1.54, 1.807) is 31.4 Å². The molecule has 0 saturated heterocycles. The van der Waals surface area contributed by atoms with Crippen LogP contribution in [0.15, 0.2) is 36.7 Å². The normalized spacial score (nSPS) is 11.4. The van der Waals surface area contributed by atoms with Crippen LogP contribution in [0.25, 0.3) is 11.4 Å². The number of aromatic nitrogens is 2. The Balaban J connectivity index is 2.50. The fourth-order valence-electron chi connectivity index (χ4n) is 1.50. The van der Waals surface area contributed by atoms with Gasteiger partial charge in [0.2, 0.25) is 10.0 Å². The first kappa shape index (κ1) is 11.7. The third-order valence-electron chi connectivity index (χ3n) is 2.31. The lowest BCUT2D eigenvalue weighted by Crippen LogP contribution is -2.10. The van der Waals surface area contributed by atoms with E-state index in [1.807, 2.05) is 0 Å². The number of hydrogen-bond donors (Lipinski definition) is 0. The van der Waals surface area contributed by atoms with Gasteiger partial charge in [-0.15, -0.1) is 0 Å². The van der Waals surface area contributed by atoms with Gasteiger partial charge in [0.25, 0.3) is 0 Å². The van der Waals surface area contributed by atoms with Crippen molar-refractivity contribution in [3.05, 3.63) is 36.7 Å². The third-order valence-corrected chi connectivity index (χ3v) is 3.32. The molecule has 5 nitrogen and oxygen atoms in total. The number of methoxy groups -OCH3 is 1. The van der Waals surface area contributed by atoms with Crippen molar-refractivity contribution in [3.63, 3.8) is 0 Å². The van der Waals surface area contributed by atoms with Gasteiger partial charge in [-0.2, -0.15) is 0 Å². The van der Waals surface area contributed by atoms with Crippen molar-refractivity contribution in [1.29, 1.82) is 0 Å². The van der Waals surface area contributed by atoms with Crippen LogP contribution in [-0.4, -0.2) is 30.7 Å². The highest BCUT2D eigenvalue weighted by Crippen LogP contribution is 2.21. The molecular formula is C11H12N2O3S. The summed E-state index contributed by atoms with van der Waals surface area (Å²) in [5.41, 5.74) is 0.723. The second-order valence-electron chi connectivity index (χ2n) is 3.54. The number of hydrogen-bond acceptors (Lipinski definition) is 4. The van der Waals surface area contributed by atoms with Crippen molar-refractivity contribution in [2.45, 2.75) is 0 Å². The van der Waals surface area contributed by atoms with Gasteiger partial charge in [0, 0.05) is 18.0 Å². The fraction of sp³-hybridized carbons (Fsp3) is 0.182. The van der Waals surface area contributed by atoms with Crippen LogP contribution in [-0.2, 0) is 10.0 Å². The van der Waals surface area contributed by atoms with Gasteiger partial charge in [-0.1, -0.05) is 0 Å². The monoisotopic (exact) mass is 252 g/mol. The molecule has 2 aromatic rings. The molecule has 1 heterocycles. The predicted molar refractivity (Wildman–Crippen MR) is 64.5 cm³/mol. The van der Waals surface area contributed by atoms with Gasteiger partial charge in [0.1, 0.15) is 5.75 Å². The summed E-state index contributed by atoms with van der Waals surface area (Å²) in [6, 6.07) is 7.05. The average molecular weight is 252 g/mol. The Labute approximate surface area is 99.7 Å². The van der Waals surface area contributed by atoms with E-state index in [1.165, 1.54) is 12.4 Å². The fourth-order valence-corrected chi connectivity index (χ4v) is 2.24. The molecule has 0 spiro atoms. The average Bonchev–Trinajstić information content (AvgIpc) is 2.78. The molecule has 6 heteroatoms. The summed E-state index contributed by atoms with van der Waals surface area (Å²) in [7, 11) is -1.76. The van der Waals surface area contributed by atoms with Crippen LogP contribution in [0.4, 0.5) is 0 Å². The van der Waals surface area contributed by atoms with E-state index in [9.17, 15) is 8.42 Å². The zero-order chi connectivity index (χ0) is 12.5. The Morgan fingerprint density at radius 1 is 1.24 bits per heavy atom. The van der Waals surface area contributed by atoms with Crippen LogP contribution < -0.4 is 4.74 Å². The summed E-state index contributed by atoms with van der Waals surface area (Å²) in [6.07, 6.45) is 4.03. The van der Waals surface area contributed by atoms with Crippen molar-refractivity contribution >= 4 is 10.0 Å². The van der Waals surface area contributed by atoms with E-state index < -0.39 is 10.0 Å². The minimum atomic E-state index is -3.33. The molecule has 0 bridgehead atoms. The molecular weight excluding hydrogens is 240 g/mol. The molecule has 2 rings (SSSR count). The van der Waals surface area contributed by atoms with Gasteiger partial charge in [0.15, 0.2) is 5.82 Å². The molecule has 0 aliphatic carbocycles. The van der Waals surface area contributed by atoms with E-state index >= 15 is 0 Å². The van der Waals surface area contributed by atoms with Crippen LogP contribution >= 0.6 is 0 Å². The summed E-state index contributed by atoms with van der Waals surface area (Å²) >= 11 is 0. The van der Waals surface area contributed by atoms with Gasteiger partial charge in [-0.3, -0.25) is 0 Å². The maximum Gasteiger partial charge on any atom is 0.237 e. The van der Waals surface area contributed by atoms with E-state index in [4.69, 9.17) is 4.74 Å². The Kier molecular flexibility index (Phi) is 2.89. The number of ether oxygens (including phenoxy) is 1. The molecule has 90 valence electrons. The maximum atomic E-state index is 11.5. The molecule has 1 aromatic carbocycles. The Morgan fingerprint density at radius 2 is 1.88 bits per heavy atom. The van der Waals surface area contributed by atoms with Crippen LogP contribution in [0, 0.1) is 0 Å². The van der Waals surface area contributed by atoms with Crippen LogP contribution in [0.2, 0.25) is 0 Å². The lowest BCUT2D eigenvalue weighted by molar-refractivity contribution is 0.415. The van der Waals surface area contributed by atoms with Gasteiger partial charge in [-0.25, -0.2) is 17.4 Å². The topological polar surface area (TPSA) is 61.2 Å². The third kappa shape index (κ3) is 2.31. The van der Waals surface area contributed by atoms with Crippen LogP contribution in [0.5, 0.6) is 5.75 Å². The van der Waals surface area contributed by atoms with Crippen molar-refractivity contribution in [2.75, 3.05) is 13.4 Å². The molecule has 0 fully saturated rings. The zero-order valence-corrected chi connectivity index (χ0v) is 10.3. The summed E-state index contributed by atoms with van der Waals surface area (Å²) in [5.74, 6) is 1.11. The number of nitrogens with zero attached hydrogens (tertiary/aromatic N) is 2. The molecule has 0 unspecified atom stereocenters. The number of imidazole rings is 1. The lowest BCUT2D eigenvalue weighted by atomic mass is 10.2. The Bertz CT molecular complexity index is 614. The van der Waals surface area contributed by atoms with Crippen molar-refractivity contribution < 1.29 is 13.2 Å². The van der Waals surface area contributed by atoms with E-state index in [-0.39, 0.29) is 0 Å². The number of benzene rings is 1. The summed E-state index contributed by atoms with van der Waals surface area (Å²) in [4.78, 5) is 4.05. The van der Waals surface area contributed by atoms with Gasteiger partial charge >= 0.3 is 0 Å². The van der Waals surface area contributed by atoms with E-state index in [0.29, 0.717) is 11.6 Å². The van der Waals surface area contributed by atoms with Gasteiger partial charge in [-0.05, 0) is 24.3 Å². The SMILES string of the molecule is COc1ccc(-c2nccn2S(C)(=O)=O)cc1. The zero-order valence-electron chi connectivity index (χ0n) is 9.49. The summed E-state index contributed by atoms with van der Waals surface area (Å²) in [5, 5.41) is 0. The first-order chi connectivity index (χ1) is 8.02. The second-order valence-corrected chi connectivity index (χ2v) is 5.40. The summed E-state index contributed by atoms with van der Waals surface area (Å²) in [6.45, 7) is 0. The van der Waals surface area contributed by atoms with Gasteiger partial charge in [0.05, 0.1) is 13.4 Å². The highest BCUT2D eigenvalue weighted by Gasteiger charge is 2.13. The predicted octanol–water partition coefficient (Wildman–Crippen LogP) is 1.37. The van der Waals surface area contributed by atoms with E-state index in [0.717, 1.165) is 15.8 Å². The molecule has 0 amide bonds.